The molecular weight excluding hydrogens is 378 g/mol. The molecule has 1 atom stereocenters. The quantitative estimate of drug-likeness (QED) is 0.781. The topological polar surface area (TPSA) is 53.1 Å². The Bertz CT molecular complexity index is 921. The van der Waals surface area contributed by atoms with E-state index in [1.165, 1.54) is 11.1 Å². The number of ether oxygens (including phenoxy) is 1. The standard InChI is InChI=1S/C24H29N3O3/c1-18(28)25-13-15-26(16-14-25)23(29)17-27-12-11-19-7-3-4-8-20(19)24(27)21-9-5-6-10-22(21)30-2/h3-10,24H,11-17H2,1-2H3. The smallest absolute Gasteiger partial charge is 0.236 e. The van der Waals surface area contributed by atoms with Gasteiger partial charge in [-0.15, -0.1) is 0 Å². The predicted molar refractivity (Wildman–Crippen MR) is 115 cm³/mol. The number of carbonyl (C=O) groups is 2. The molecule has 1 fully saturated rings. The van der Waals surface area contributed by atoms with Crippen LogP contribution in [0.25, 0.3) is 0 Å². The van der Waals surface area contributed by atoms with Crippen LogP contribution in [0.15, 0.2) is 48.5 Å². The van der Waals surface area contributed by atoms with E-state index < -0.39 is 0 Å². The maximum atomic E-state index is 13.1. The van der Waals surface area contributed by atoms with Crippen molar-refractivity contribution in [2.75, 3.05) is 46.4 Å². The number of fused-ring (bicyclic) bond motifs is 1. The van der Waals surface area contributed by atoms with Crippen LogP contribution in [-0.2, 0) is 16.0 Å². The molecule has 0 bridgehead atoms. The summed E-state index contributed by atoms with van der Waals surface area (Å²) in [6.07, 6.45) is 0.924. The minimum absolute atomic E-state index is 0.0199. The van der Waals surface area contributed by atoms with Crippen molar-refractivity contribution in [3.63, 3.8) is 0 Å². The fraction of sp³-hybridized carbons (Fsp3) is 0.417. The first-order valence-corrected chi connectivity index (χ1v) is 10.6. The van der Waals surface area contributed by atoms with Crippen LogP contribution in [0.1, 0.15) is 29.7 Å². The van der Waals surface area contributed by atoms with Crippen molar-refractivity contribution in [2.45, 2.75) is 19.4 Å². The van der Waals surface area contributed by atoms with Gasteiger partial charge in [0.25, 0.3) is 0 Å². The summed E-state index contributed by atoms with van der Waals surface area (Å²) in [7, 11) is 1.69. The first kappa shape index (κ1) is 20.4. The second kappa shape index (κ2) is 8.88. The van der Waals surface area contributed by atoms with Gasteiger partial charge >= 0.3 is 0 Å². The van der Waals surface area contributed by atoms with Gasteiger partial charge in [-0.3, -0.25) is 14.5 Å². The molecule has 2 amide bonds. The molecule has 6 heteroatoms. The van der Waals surface area contributed by atoms with Crippen molar-refractivity contribution in [2.24, 2.45) is 0 Å². The van der Waals surface area contributed by atoms with Crippen LogP contribution in [0.2, 0.25) is 0 Å². The van der Waals surface area contributed by atoms with E-state index in [0.717, 1.165) is 24.3 Å². The zero-order valence-electron chi connectivity index (χ0n) is 17.7. The average molecular weight is 408 g/mol. The Morgan fingerprint density at radius 3 is 2.23 bits per heavy atom. The van der Waals surface area contributed by atoms with Gasteiger partial charge in [0.1, 0.15) is 5.75 Å². The molecule has 0 saturated carbocycles. The molecule has 1 saturated heterocycles. The molecule has 2 aromatic carbocycles. The van der Waals surface area contributed by atoms with E-state index in [1.807, 2.05) is 23.1 Å². The largest absolute Gasteiger partial charge is 0.496 e. The van der Waals surface area contributed by atoms with Crippen molar-refractivity contribution < 1.29 is 14.3 Å². The first-order chi connectivity index (χ1) is 14.6. The predicted octanol–water partition coefficient (Wildman–Crippen LogP) is 2.33. The molecule has 158 valence electrons. The van der Waals surface area contributed by atoms with Gasteiger partial charge in [0.2, 0.25) is 11.8 Å². The molecule has 30 heavy (non-hydrogen) atoms. The lowest BCUT2D eigenvalue weighted by molar-refractivity contribution is -0.139. The number of para-hydroxylation sites is 1. The summed E-state index contributed by atoms with van der Waals surface area (Å²) in [5.41, 5.74) is 3.65. The van der Waals surface area contributed by atoms with Crippen molar-refractivity contribution >= 4 is 11.8 Å². The molecule has 0 spiro atoms. The summed E-state index contributed by atoms with van der Waals surface area (Å²) in [5, 5.41) is 0. The summed E-state index contributed by atoms with van der Waals surface area (Å²) >= 11 is 0. The van der Waals surface area contributed by atoms with Gasteiger partial charge in [-0.1, -0.05) is 42.5 Å². The summed E-state index contributed by atoms with van der Waals surface area (Å²) < 4.78 is 5.66. The van der Waals surface area contributed by atoms with Crippen LogP contribution in [0.4, 0.5) is 0 Å². The highest BCUT2D eigenvalue weighted by molar-refractivity contribution is 5.79. The van der Waals surface area contributed by atoms with E-state index in [-0.39, 0.29) is 17.9 Å². The third-order valence-electron chi connectivity index (χ3n) is 6.23. The zero-order valence-corrected chi connectivity index (χ0v) is 17.7. The fourth-order valence-electron chi connectivity index (χ4n) is 4.59. The minimum atomic E-state index is -0.0199. The van der Waals surface area contributed by atoms with Crippen LogP contribution in [0.5, 0.6) is 5.75 Å². The number of methoxy groups -OCH3 is 1. The molecule has 0 aliphatic carbocycles. The molecule has 0 N–H and O–H groups in total. The number of rotatable bonds is 4. The van der Waals surface area contributed by atoms with E-state index in [4.69, 9.17) is 4.74 Å². The van der Waals surface area contributed by atoms with E-state index in [2.05, 4.69) is 35.2 Å². The van der Waals surface area contributed by atoms with Crippen molar-refractivity contribution in [1.82, 2.24) is 14.7 Å². The molecule has 2 heterocycles. The lowest BCUT2D eigenvalue weighted by Crippen LogP contribution is -2.53. The van der Waals surface area contributed by atoms with E-state index in [1.54, 1.807) is 18.9 Å². The van der Waals surface area contributed by atoms with E-state index in [0.29, 0.717) is 32.7 Å². The Balaban J connectivity index is 1.57. The van der Waals surface area contributed by atoms with Crippen LogP contribution in [-0.4, -0.2) is 72.9 Å². The molecule has 1 unspecified atom stereocenters. The highest BCUT2D eigenvalue weighted by Crippen LogP contribution is 2.39. The molecule has 6 nitrogen and oxygen atoms in total. The van der Waals surface area contributed by atoms with Gasteiger partial charge in [-0.05, 0) is 23.6 Å². The van der Waals surface area contributed by atoms with Crippen LogP contribution < -0.4 is 4.74 Å². The van der Waals surface area contributed by atoms with Gasteiger partial charge < -0.3 is 14.5 Å². The maximum absolute atomic E-state index is 13.1. The minimum Gasteiger partial charge on any atom is -0.496 e. The molecule has 2 aliphatic rings. The normalized spacial score (nSPS) is 19.3. The van der Waals surface area contributed by atoms with Crippen LogP contribution in [0, 0.1) is 0 Å². The number of hydrogen-bond acceptors (Lipinski definition) is 4. The molecule has 2 aliphatic heterocycles. The Hall–Kier alpha value is -2.86. The zero-order chi connectivity index (χ0) is 21.1. The monoisotopic (exact) mass is 407 g/mol. The molecule has 0 radical (unpaired) electrons. The second-order valence-electron chi connectivity index (χ2n) is 7.95. The SMILES string of the molecule is COc1ccccc1C1c2ccccc2CCN1CC(=O)N1CCN(C(C)=O)CC1. The Labute approximate surface area is 178 Å². The van der Waals surface area contributed by atoms with Crippen LogP contribution >= 0.6 is 0 Å². The van der Waals surface area contributed by atoms with Gasteiger partial charge in [-0.2, -0.15) is 0 Å². The van der Waals surface area contributed by atoms with Crippen molar-refractivity contribution in [1.29, 1.82) is 0 Å². The second-order valence-corrected chi connectivity index (χ2v) is 7.95. The number of benzene rings is 2. The number of hydrogen-bond donors (Lipinski definition) is 0. The fourth-order valence-corrected chi connectivity index (χ4v) is 4.59. The highest BCUT2D eigenvalue weighted by Gasteiger charge is 2.33. The number of carbonyl (C=O) groups excluding carboxylic acids is 2. The highest BCUT2D eigenvalue weighted by atomic mass is 16.5. The summed E-state index contributed by atoms with van der Waals surface area (Å²) in [5.74, 6) is 1.04. The molecular formula is C24H29N3O3. The number of nitrogens with zero attached hydrogens (tertiary/aromatic N) is 3. The maximum Gasteiger partial charge on any atom is 0.236 e. The summed E-state index contributed by atoms with van der Waals surface area (Å²) in [4.78, 5) is 30.7. The lowest BCUT2D eigenvalue weighted by Gasteiger charge is -2.40. The third kappa shape index (κ3) is 4.05. The van der Waals surface area contributed by atoms with Gasteiger partial charge in [0.15, 0.2) is 0 Å². The lowest BCUT2D eigenvalue weighted by atomic mass is 9.87. The first-order valence-electron chi connectivity index (χ1n) is 10.6. The summed E-state index contributed by atoms with van der Waals surface area (Å²) in [6, 6.07) is 16.5. The van der Waals surface area contributed by atoms with Crippen molar-refractivity contribution in [3.05, 3.63) is 65.2 Å². The van der Waals surface area contributed by atoms with Gasteiger partial charge in [0.05, 0.1) is 19.7 Å². The van der Waals surface area contributed by atoms with Gasteiger partial charge in [-0.25, -0.2) is 0 Å². The third-order valence-corrected chi connectivity index (χ3v) is 6.23. The van der Waals surface area contributed by atoms with Crippen molar-refractivity contribution in [3.8, 4) is 5.75 Å². The van der Waals surface area contributed by atoms with E-state index in [9.17, 15) is 9.59 Å². The van der Waals surface area contributed by atoms with Gasteiger partial charge in [0, 0.05) is 45.2 Å². The average Bonchev–Trinajstić information content (AvgIpc) is 2.79. The Morgan fingerprint density at radius 2 is 1.53 bits per heavy atom. The molecule has 4 rings (SSSR count). The van der Waals surface area contributed by atoms with Crippen LogP contribution in [0.3, 0.4) is 0 Å². The molecule has 0 aromatic heterocycles. The number of amides is 2. The Kier molecular flexibility index (Phi) is 6.04. The van der Waals surface area contributed by atoms with E-state index >= 15 is 0 Å². The number of piperazine rings is 1. The Morgan fingerprint density at radius 1 is 0.900 bits per heavy atom. The summed E-state index contributed by atoms with van der Waals surface area (Å²) in [6.45, 7) is 5.18. The molecule has 2 aromatic rings.